The van der Waals surface area contributed by atoms with Gasteiger partial charge in [0.1, 0.15) is 0 Å². The smallest absolute Gasteiger partial charge is 0.256 e. The largest absolute Gasteiger partial charge is 0.321 e. The van der Waals surface area contributed by atoms with Crippen LogP contribution in [0.5, 0.6) is 0 Å². The van der Waals surface area contributed by atoms with Gasteiger partial charge in [-0.3, -0.25) is 4.79 Å². The Balaban J connectivity index is 2.04. The third-order valence-corrected chi connectivity index (χ3v) is 4.58. The monoisotopic (exact) mass is 340 g/mol. The summed E-state index contributed by atoms with van der Waals surface area (Å²) in [5.41, 5.74) is 2.95. The molecule has 2 heterocycles. The van der Waals surface area contributed by atoms with Crippen molar-refractivity contribution in [3.05, 3.63) is 47.8 Å². The number of carbonyl (C=O) groups excluding carboxylic acids is 1. The van der Waals surface area contributed by atoms with Crippen LogP contribution in [0.1, 0.15) is 35.9 Å². The minimum Gasteiger partial charge on any atom is -0.321 e. The number of nitrogens with one attached hydrogen (secondary N) is 1. The molecule has 0 aliphatic heterocycles. The number of pyridine rings is 1. The first-order valence-electron chi connectivity index (χ1n) is 7.80. The zero-order chi connectivity index (χ0) is 17.3. The molecule has 24 heavy (non-hydrogen) atoms. The van der Waals surface area contributed by atoms with Crippen LogP contribution in [0.25, 0.3) is 11.0 Å². The number of aryl methyl sites for hydroxylation is 1. The molecule has 0 atom stereocenters. The third kappa shape index (κ3) is 3.01. The van der Waals surface area contributed by atoms with Crippen molar-refractivity contribution in [2.45, 2.75) is 31.7 Å². The number of nitrogens with zero attached hydrogens (tertiary/aromatic N) is 3. The summed E-state index contributed by atoms with van der Waals surface area (Å²) in [4.78, 5) is 18.4. The van der Waals surface area contributed by atoms with E-state index in [2.05, 4.69) is 15.4 Å². The Morgan fingerprint density at radius 3 is 2.75 bits per heavy atom. The van der Waals surface area contributed by atoms with Gasteiger partial charge in [-0.25, -0.2) is 9.67 Å². The molecule has 0 bridgehead atoms. The van der Waals surface area contributed by atoms with E-state index in [0.29, 0.717) is 5.56 Å². The second-order valence-corrected chi connectivity index (χ2v) is 6.73. The van der Waals surface area contributed by atoms with Crippen LogP contribution in [-0.4, -0.2) is 26.9 Å². The number of benzene rings is 1. The van der Waals surface area contributed by atoms with Crippen molar-refractivity contribution < 1.29 is 4.79 Å². The first-order valence-corrected chi connectivity index (χ1v) is 9.03. The van der Waals surface area contributed by atoms with Gasteiger partial charge >= 0.3 is 0 Å². The summed E-state index contributed by atoms with van der Waals surface area (Å²) >= 11 is 1.60. The van der Waals surface area contributed by atoms with Crippen LogP contribution in [0.15, 0.2) is 41.4 Å². The summed E-state index contributed by atoms with van der Waals surface area (Å²) < 4.78 is 1.84. The van der Waals surface area contributed by atoms with E-state index in [1.54, 1.807) is 18.0 Å². The average molecular weight is 340 g/mol. The predicted octanol–water partition coefficient (Wildman–Crippen LogP) is 4.29. The number of fused-ring (bicyclic) bond motifs is 1. The molecule has 0 aliphatic carbocycles. The molecule has 0 unspecified atom stereocenters. The quantitative estimate of drug-likeness (QED) is 0.720. The molecule has 124 valence electrons. The highest BCUT2D eigenvalue weighted by Crippen LogP contribution is 2.26. The lowest BCUT2D eigenvalue weighted by Gasteiger charge is -2.11. The van der Waals surface area contributed by atoms with E-state index in [4.69, 9.17) is 0 Å². The third-order valence-electron chi connectivity index (χ3n) is 3.78. The molecule has 2 aromatic heterocycles. The summed E-state index contributed by atoms with van der Waals surface area (Å²) in [6.45, 7) is 5.99. The fourth-order valence-electron chi connectivity index (χ4n) is 2.65. The summed E-state index contributed by atoms with van der Waals surface area (Å²) in [5.74, 6) is -0.143. The minimum atomic E-state index is -0.143. The Morgan fingerprint density at radius 2 is 2.04 bits per heavy atom. The highest BCUT2D eigenvalue weighted by Gasteiger charge is 2.17. The number of amides is 1. The first-order chi connectivity index (χ1) is 11.5. The van der Waals surface area contributed by atoms with Crippen molar-refractivity contribution in [1.82, 2.24) is 14.8 Å². The SMILES string of the molecule is CSc1ccccc1NC(=O)c1cc(C)nc2c1cnn2C(C)C. The van der Waals surface area contributed by atoms with E-state index in [0.717, 1.165) is 27.3 Å². The minimum absolute atomic E-state index is 0.143. The van der Waals surface area contributed by atoms with Crippen LogP contribution in [-0.2, 0) is 0 Å². The Bertz CT molecular complexity index is 901. The fraction of sp³-hybridized carbons (Fsp3) is 0.278. The van der Waals surface area contributed by atoms with Gasteiger partial charge in [0.05, 0.1) is 22.8 Å². The number of rotatable bonds is 4. The van der Waals surface area contributed by atoms with Crippen LogP contribution in [0.3, 0.4) is 0 Å². The first kappa shape index (κ1) is 16.5. The molecule has 3 rings (SSSR count). The van der Waals surface area contributed by atoms with E-state index < -0.39 is 0 Å². The zero-order valence-corrected chi connectivity index (χ0v) is 15.0. The molecule has 5 nitrogen and oxygen atoms in total. The van der Waals surface area contributed by atoms with Crippen molar-refractivity contribution >= 4 is 34.4 Å². The molecule has 0 aliphatic rings. The van der Waals surface area contributed by atoms with E-state index in [1.807, 2.05) is 62.0 Å². The number of hydrogen-bond donors (Lipinski definition) is 1. The number of para-hydroxylation sites is 1. The Kier molecular flexibility index (Phi) is 4.57. The van der Waals surface area contributed by atoms with E-state index >= 15 is 0 Å². The van der Waals surface area contributed by atoms with Crippen molar-refractivity contribution in [2.24, 2.45) is 0 Å². The number of thioether (sulfide) groups is 1. The van der Waals surface area contributed by atoms with Crippen LogP contribution in [0.2, 0.25) is 0 Å². The topological polar surface area (TPSA) is 59.8 Å². The summed E-state index contributed by atoms with van der Waals surface area (Å²) in [6, 6.07) is 9.77. The number of aromatic nitrogens is 3. The second-order valence-electron chi connectivity index (χ2n) is 5.89. The second kappa shape index (κ2) is 6.65. The number of anilines is 1. The van der Waals surface area contributed by atoms with Gasteiger partial charge < -0.3 is 5.32 Å². The Hall–Kier alpha value is -2.34. The van der Waals surface area contributed by atoms with Crippen LogP contribution >= 0.6 is 11.8 Å². The molecule has 0 fully saturated rings. The molecular weight excluding hydrogens is 320 g/mol. The molecule has 1 N–H and O–H groups in total. The molecule has 0 radical (unpaired) electrons. The lowest BCUT2D eigenvalue weighted by molar-refractivity contribution is 0.102. The van der Waals surface area contributed by atoms with Crippen LogP contribution in [0, 0.1) is 6.92 Å². The van der Waals surface area contributed by atoms with Crippen molar-refractivity contribution in [2.75, 3.05) is 11.6 Å². The van der Waals surface area contributed by atoms with E-state index in [9.17, 15) is 4.79 Å². The van der Waals surface area contributed by atoms with Gasteiger partial charge in [0, 0.05) is 16.6 Å². The molecule has 0 saturated carbocycles. The van der Waals surface area contributed by atoms with E-state index in [1.165, 1.54) is 0 Å². The number of carbonyl (C=O) groups is 1. The van der Waals surface area contributed by atoms with Gasteiger partial charge in [-0.2, -0.15) is 5.10 Å². The molecule has 6 heteroatoms. The van der Waals surface area contributed by atoms with Gasteiger partial charge in [0.2, 0.25) is 0 Å². The van der Waals surface area contributed by atoms with Crippen LogP contribution < -0.4 is 5.32 Å². The molecule has 0 spiro atoms. The van der Waals surface area contributed by atoms with Crippen LogP contribution in [0.4, 0.5) is 5.69 Å². The highest BCUT2D eigenvalue weighted by atomic mass is 32.2. The Morgan fingerprint density at radius 1 is 1.29 bits per heavy atom. The summed E-state index contributed by atoms with van der Waals surface area (Å²) in [5, 5.41) is 8.17. The maximum absolute atomic E-state index is 12.8. The zero-order valence-electron chi connectivity index (χ0n) is 14.2. The lowest BCUT2D eigenvalue weighted by Crippen LogP contribution is -2.14. The normalized spacial score (nSPS) is 11.2. The highest BCUT2D eigenvalue weighted by molar-refractivity contribution is 7.98. The molecule has 0 saturated heterocycles. The maximum Gasteiger partial charge on any atom is 0.256 e. The molecule has 3 aromatic rings. The Labute approximate surface area is 145 Å². The molecule has 1 amide bonds. The lowest BCUT2D eigenvalue weighted by atomic mass is 10.1. The van der Waals surface area contributed by atoms with Gasteiger partial charge in [-0.15, -0.1) is 11.8 Å². The van der Waals surface area contributed by atoms with Crippen molar-refractivity contribution in [3.63, 3.8) is 0 Å². The number of hydrogen-bond acceptors (Lipinski definition) is 4. The molecule has 1 aromatic carbocycles. The van der Waals surface area contributed by atoms with Gasteiger partial charge in [-0.05, 0) is 45.2 Å². The summed E-state index contributed by atoms with van der Waals surface area (Å²) in [7, 11) is 0. The van der Waals surface area contributed by atoms with Gasteiger partial charge in [0.15, 0.2) is 5.65 Å². The van der Waals surface area contributed by atoms with E-state index in [-0.39, 0.29) is 11.9 Å². The molecular formula is C18H20N4OS. The van der Waals surface area contributed by atoms with Crippen molar-refractivity contribution in [3.8, 4) is 0 Å². The summed E-state index contributed by atoms with van der Waals surface area (Å²) in [6.07, 6.45) is 3.71. The average Bonchev–Trinajstić information content (AvgIpc) is 2.98. The van der Waals surface area contributed by atoms with Gasteiger partial charge in [0.25, 0.3) is 5.91 Å². The fourth-order valence-corrected chi connectivity index (χ4v) is 3.20. The predicted molar refractivity (Wildman–Crippen MR) is 98.8 cm³/mol. The van der Waals surface area contributed by atoms with Crippen molar-refractivity contribution in [1.29, 1.82) is 0 Å². The standard InChI is InChI=1S/C18H20N4OS/c1-11(2)22-17-14(10-19-22)13(9-12(3)20-17)18(23)21-15-7-5-6-8-16(15)24-4/h5-11H,1-4H3,(H,21,23). The van der Waals surface area contributed by atoms with Gasteiger partial charge in [-0.1, -0.05) is 12.1 Å². The maximum atomic E-state index is 12.8.